The molecule has 6 heteroatoms. The fourth-order valence-corrected chi connectivity index (χ4v) is 11.7. The smallest absolute Gasteiger partial charge is 0.305 e. The van der Waals surface area contributed by atoms with Gasteiger partial charge in [-0.3, -0.25) is 9.59 Å². The Morgan fingerprint density at radius 2 is 0.625 bits per heavy atom. The van der Waals surface area contributed by atoms with Crippen molar-refractivity contribution in [2.24, 2.45) is 0 Å². The van der Waals surface area contributed by atoms with Gasteiger partial charge in [0.2, 0.25) is 5.91 Å². The number of unbranched alkanes of at least 4 members (excludes halogenated alkanes) is 54. The molecule has 80 heavy (non-hydrogen) atoms. The summed E-state index contributed by atoms with van der Waals surface area (Å²) in [6.07, 6.45) is 88.0. The van der Waals surface area contributed by atoms with Crippen molar-refractivity contribution >= 4 is 11.9 Å². The third-order valence-corrected chi connectivity index (χ3v) is 17.3. The van der Waals surface area contributed by atoms with Gasteiger partial charge in [-0.2, -0.15) is 0 Å². The molecule has 2 atom stereocenters. The van der Waals surface area contributed by atoms with Crippen LogP contribution in [-0.2, 0) is 14.3 Å². The van der Waals surface area contributed by atoms with Gasteiger partial charge in [-0.25, -0.2) is 0 Å². The lowest BCUT2D eigenvalue weighted by Gasteiger charge is -2.22. The summed E-state index contributed by atoms with van der Waals surface area (Å²) in [4.78, 5) is 24.7. The fourth-order valence-electron chi connectivity index (χ4n) is 11.7. The van der Waals surface area contributed by atoms with E-state index in [0.717, 1.165) is 51.4 Å². The molecular formula is C74H143NO5. The quantitative estimate of drug-likeness (QED) is 0.0320. The molecule has 2 unspecified atom stereocenters. The van der Waals surface area contributed by atoms with E-state index in [-0.39, 0.29) is 18.5 Å². The van der Waals surface area contributed by atoms with Gasteiger partial charge in [-0.15, -0.1) is 0 Å². The normalized spacial score (nSPS) is 12.6. The molecule has 0 aliphatic carbocycles. The summed E-state index contributed by atoms with van der Waals surface area (Å²) >= 11 is 0. The number of hydrogen-bond donors (Lipinski definition) is 3. The average Bonchev–Trinajstić information content (AvgIpc) is 3.46. The SMILES string of the molecule is CCCCC/C=C\C/C=C\CCCCCCCCCCCC(=O)OCCCCCCCCCCCCCCCCCCCCCCCCCCC(=O)NC(CO)C(O)CCCCCCCCCCCCCCCCCCCCCC. The van der Waals surface area contributed by atoms with Crippen molar-refractivity contribution in [3.63, 3.8) is 0 Å². The minimum Gasteiger partial charge on any atom is -0.466 e. The number of nitrogens with one attached hydrogen (secondary N) is 1. The van der Waals surface area contributed by atoms with Crippen LogP contribution < -0.4 is 5.32 Å². The number of amides is 1. The minimum atomic E-state index is -0.664. The van der Waals surface area contributed by atoms with Crippen molar-refractivity contribution < 1.29 is 24.5 Å². The summed E-state index contributed by atoms with van der Waals surface area (Å²) in [6.45, 7) is 4.97. The first-order valence-corrected chi connectivity index (χ1v) is 36.6. The molecular weight excluding hydrogens is 983 g/mol. The molecule has 0 rings (SSSR count). The molecule has 0 aromatic heterocycles. The Morgan fingerprint density at radius 1 is 0.350 bits per heavy atom. The van der Waals surface area contributed by atoms with Crippen LogP contribution >= 0.6 is 0 Å². The van der Waals surface area contributed by atoms with Crippen LogP contribution in [0.25, 0.3) is 0 Å². The zero-order valence-electron chi connectivity index (χ0n) is 54.3. The first-order chi connectivity index (χ1) is 39.5. The highest BCUT2D eigenvalue weighted by atomic mass is 16.5. The first kappa shape index (κ1) is 78.3. The summed E-state index contributed by atoms with van der Waals surface area (Å²) in [5, 5.41) is 23.4. The lowest BCUT2D eigenvalue weighted by molar-refractivity contribution is -0.143. The van der Waals surface area contributed by atoms with E-state index in [9.17, 15) is 19.8 Å². The topological polar surface area (TPSA) is 95.9 Å². The lowest BCUT2D eigenvalue weighted by Crippen LogP contribution is -2.45. The van der Waals surface area contributed by atoms with Crippen molar-refractivity contribution in [1.29, 1.82) is 0 Å². The zero-order chi connectivity index (χ0) is 57.8. The maximum absolute atomic E-state index is 12.5. The van der Waals surface area contributed by atoms with E-state index in [2.05, 4.69) is 43.5 Å². The number of allylic oxidation sites excluding steroid dienone is 4. The Kier molecular flexibility index (Phi) is 68.4. The molecule has 0 saturated heterocycles. The molecule has 0 fully saturated rings. The van der Waals surface area contributed by atoms with Crippen LogP contribution in [0.1, 0.15) is 412 Å². The van der Waals surface area contributed by atoms with Crippen LogP contribution in [0.3, 0.4) is 0 Å². The zero-order valence-corrected chi connectivity index (χ0v) is 54.3. The minimum absolute atomic E-state index is 0.0128. The average molecular weight is 1130 g/mol. The summed E-state index contributed by atoms with van der Waals surface area (Å²) in [6, 6.07) is -0.541. The molecule has 0 bridgehead atoms. The fraction of sp³-hybridized carbons (Fsp3) is 0.919. The van der Waals surface area contributed by atoms with Gasteiger partial charge in [-0.1, -0.05) is 366 Å². The van der Waals surface area contributed by atoms with E-state index < -0.39 is 12.1 Å². The molecule has 0 aromatic rings. The predicted octanol–water partition coefficient (Wildman–Crippen LogP) is 23.7. The van der Waals surface area contributed by atoms with Gasteiger partial charge in [0.25, 0.3) is 0 Å². The molecule has 0 radical (unpaired) electrons. The van der Waals surface area contributed by atoms with E-state index in [4.69, 9.17) is 4.74 Å². The maximum atomic E-state index is 12.5. The molecule has 6 nitrogen and oxygen atoms in total. The number of hydrogen-bond acceptors (Lipinski definition) is 5. The number of ether oxygens (including phenoxy) is 1. The molecule has 0 aliphatic heterocycles. The number of aliphatic hydroxyl groups excluding tert-OH is 2. The molecule has 474 valence electrons. The van der Waals surface area contributed by atoms with Crippen molar-refractivity contribution in [3.05, 3.63) is 24.3 Å². The van der Waals surface area contributed by atoms with Crippen molar-refractivity contribution in [1.82, 2.24) is 5.32 Å². The van der Waals surface area contributed by atoms with Gasteiger partial charge >= 0.3 is 5.97 Å². The second-order valence-corrected chi connectivity index (χ2v) is 25.3. The number of carbonyl (C=O) groups excluding carboxylic acids is 2. The summed E-state index contributed by atoms with van der Waals surface area (Å²) in [5.41, 5.74) is 0. The second-order valence-electron chi connectivity index (χ2n) is 25.3. The van der Waals surface area contributed by atoms with Crippen LogP contribution in [0.15, 0.2) is 24.3 Å². The molecule has 0 saturated carbocycles. The van der Waals surface area contributed by atoms with Gasteiger partial charge in [0, 0.05) is 12.8 Å². The van der Waals surface area contributed by atoms with E-state index in [0.29, 0.717) is 25.9 Å². The van der Waals surface area contributed by atoms with Gasteiger partial charge in [0.15, 0.2) is 0 Å². The van der Waals surface area contributed by atoms with E-state index in [1.807, 2.05) is 0 Å². The molecule has 0 aliphatic rings. The molecule has 0 heterocycles. The maximum Gasteiger partial charge on any atom is 0.305 e. The van der Waals surface area contributed by atoms with E-state index in [1.165, 1.54) is 327 Å². The van der Waals surface area contributed by atoms with Crippen molar-refractivity contribution in [2.75, 3.05) is 13.2 Å². The predicted molar refractivity (Wildman–Crippen MR) is 352 cm³/mol. The summed E-state index contributed by atoms with van der Waals surface area (Å²) in [5.74, 6) is -0.0165. The van der Waals surface area contributed by atoms with Crippen LogP contribution in [0.2, 0.25) is 0 Å². The highest BCUT2D eigenvalue weighted by Crippen LogP contribution is 2.19. The molecule has 0 spiro atoms. The Hall–Kier alpha value is -1.66. The standard InChI is InChI=1S/C74H143NO5/c1-3-5-7-9-11-13-15-17-19-21-23-31-34-38-42-46-50-54-58-62-66-72(77)71(70-76)75-73(78)67-63-59-55-51-47-43-39-35-32-28-26-24-25-27-29-33-37-41-45-49-53-57-61-65-69-80-74(79)68-64-60-56-52-48-44-40-36-30-22-20-18-16-14-12-10-8-6-4-2/h12,14,18,20,71-72,76-77H,3-11,13,15-17,19,21-70H2,1-2H3,(H,75,78)/b14-12-,20-18-. The van der Waals surface area contributed by atoms with E-state index in [1.54, 1.807) is 0 Å². The lowest BCUT2D eigenvalue weighted by atomic mass is 10.0. The largest absolute Gasteiger partial charge is 0.466 e. The monoisotopic (exact) mass is 1130 g/mol. The Labute approximate surface area is 501 Å². The van der Waals surface area contributed by atoms with Gasteiger partial charge < -0.3 is 20.3 Å². The van der Waals surface area contributed by atoms with Crippen molar-refractivity contribution in [3.8, 4) is 0 Å². The summed E-state index contributed by atoms with van der Waals surface area (Å²) < 4.78 is 5.51. The number of aliphatic hydroxyl groups is 2. The number of rotatable bonds is 69. The summed E-state index contributed by atoms with van der Waals surface area (Å²) in [7, 11) is 0. The Balaban J connectivity index is 3.36. The van der Waals surface area contributed by atoms with Crippen molar-refractivity contribution in [2.45, 2.75) is 424 Å². The highest BCUT2D eigenvalue weighted by molar-refractivity contribution is 5.76. The molecule has 1 amide bonds. The van der Waals surface area contributed by atoms with Crippen LogP contribution in [0.5, 0.6) is 0 Å². The van der Waals surface area contributed by atoms with Crippen LogP contribution in [0.4, 0.5) is 0 Å². The Morgan fingerprint density at radius 3 is 0.975 bits per heavy atom. The third kappa shape index (κ3) is 65.5. The van der Waals surface area contributed by atoms with Crippen LogP contribution in [0, 0.1) is 0 Å². The number of carbonyl (C=O) groups is 2. The number of esters is 1. The molecule has 0 aromatic carbocycles. The second kappa shape index (κ2) is 69.8. The third-order valence-electron chi connectivity index (χ3n) is 17.3. The highest BCUT2D eigenvalue weighted by Gasteiger charge is 2.20. The molecule has 3 N–H and O–H groups in total. The van der Waals surface area contributed by atoms with Gasteiger partial charge in [0.1, 0.15) is 0 Å². The Bertz CT molecular complexity index is 1250. The first-order valence-electron chi connectivity index (χ1n) is 36.6. The van der Waals surface area contributed by atoms with Gasteiger partial charge in [0.05, 0.1) is 25.4 Å². The van der Waals surface area contributed by atoms with Gasteiger partial charge in [-0.05, 0) is 57.8 Å². The van der Waals surface area contributed by atoms with Crippen LogP contribution in [-0.4, -0.2) is 47.4 Å². The van der Waals surface area contributed by atoms with E-state index >= 15 is 0 Å².